The number of carbonyl (C=O) groups excluding carboxylic acids is 3. The van der Waals surface area contributed by atoms with Crippen LogP contribution in [0, 0.1) is 0 Å². The van der Waals surface area contributed by atoms with Crippen LogP contribution in [0.1, 0.15) is 31.9 Å². The van der Waals surface area contributed by atoms with Crippen LogP contribution in [-0.4, -0.2) is 67.7 Å². The minimum atomic E-state index is -3.98. The van der Waals surface area contributed by atoms with Gasteiger partial charge in [-0.25, -0.2) is 13.2 Å². The van der Waals surface area contributed by atoms with Crippen LogP contribution < -0.4 is 4.72 Å². The number of nitrogens with one attached hydrogen (secondary N) is 1. The number of amides is 1. The zero-order valence-corrected chi connectivity index (χ0v) is 23.5. The Kier molecular flexibility index (Phi) is 8.29. The van der Waals surface area contributed by atoms with Gasteiger partial charge in [0.25, 0.3) is 10.0 Å². The first-order valence-corrected chi connectivity index (χ1v) is 14.3. The maximum absolute atomic E-state index is 13.2. The Balaban J connectivity index is 1.58. The molecule has 0 atom stereocenters. The van der Waals surface area contributed by atoms with Crippen LogP contribution in [0.3, 0.4) is 0 Å². The van der Waals surface area contributed by atoms with Crippen LogP contribution >= 0.6 is 11.6 Å². The zero-order chi connectivity index (χ0) is 28.4. The highest BCUT2D eigenvalue weighted by atomic mass is 35.5. The van der Waals surface area contributed by atoms with Gasteiger partial charge in [-0.3, -0.25) is 19.2 Å². The Morgan fingerprint density at radius 2 is 1.67 bits per heavy atom. The van der Waals surface area contributed by atoms with E-state index in [9.17, 15) is 22.8 Å². The van der Waals surface area contributed by atoms with Crippen molar-refractivity contribution in [3.8, 4) is 0 Å². The highest BCUT2D eigenvalue weighted by molar-refractivity contribution is 7.92. The molecule has 0 unspecified atom stereocenters. The molecular weight excluding hydrogens is 542 g/mol. The van der Waals surface area contributed by atoms with E-state index in [-0.39, 0.29) is 33.8 Å². The number of rotatable bonds is 6. The fourth-order valence-electron chi connectivity index (χ4n) is 4.18. The molecule has 1 heterocycles. The summed E-state index contributed by atoms with van der Waals surface area (Å²) in [6.07, 6.45) is 3.27. The van der Waals surface area contributed by atoms with E-state index in [1.165, 1.54) is 42.5 Å². The fraction of sp³-hybridized carbons (Fsp3) is 0.321. The molecule has 1 N–H and O–H groups in total. The standard InChI is InChI=1S/C28H30ClN3O6S/c1-28(2,3)38-27(35)32-14-12-31(13-15-32)18-20-5-4-19(24-17-22(33)8-11-26(24)34)16-25(20)30-39(36,37)23-9-6-21(29)7-10-23/h4-11,16-17,30H,12-15,18H2,1-3H3. The number of sulfonamides is 1. The van der Waals surface area contributed by atoms with Gasteiger partial charge in [-0.15, -0.1) is 0 Å². The van der Waals surface area contributed by atoms with Crippen LogP contribution in [0.25, 0.3) is 5.57 Å². The lowest BCUT2D eigenvalue weighted by Gasteiger charge is -2.35. The molecule has 206 valence electrons. The third-order valence-corrected chi connectivity index (χ3v) is 7.79. The first-order valence-electron chi connectivity index (χ1n) is 12.4. The van der Waals surface area contributed by atoms with Crippen molar-refractivity contribution in [3.63, 3.8) is 0 Å². The summed E-state index contributed by atoms with van der Waals surface area (Å²) in [7, 11) is -3.98. The van der Waals surface area contributed by atoms with Gasteiger partial charge in [-0.2, -0.15) is 0 Å². The lowest BCUT2D eigenvalue weighted by Crippen LogP contribution is -2.49. The largest absolute Gasteiger partial charge is 0.444 e. The first kappa shape index (κ1) is 28.5. The molecule has 0 aromatic heterocycles. The monoisotopic (exact) mass is 571 g/mol. The minimum Gasteiger partial charge on any atom is -0.444 e. The summed E-state index contributed by atoms with van der Waals surface area (Å²) in [5, 5.41) is 0.405. The summed E-state index contributed by atoms with van der Waals surface area (Å²) < 4.78 is 34.6. The molecule has 2 aliphatic rings. The second-order valence-electron chi connectivity index (χ2n) is 10.3. The molecule has 4 rings (SSSR count). The molecule has 0 bridgehead atoms. The summed E-state index contributed by atoms with van der Waals surface area (Å²) in [6.45, 7) is 7.92. The third kappa shape index (κ3) is 7.35. The van der Waals surface area contributed by atoms with Gasteiger partial charge in [0, 0.05) is 43.3 Å². The van der Waals surface area contributed by atoms with E-state index < -0.39 is 15.6 Å². The Morgan fingerprint density at radius 1 is 1.00 bits per heavy atom. The van der Waals surface area contributed by atoms with Gasteiger partial charge in [0.1, 0.15) is 5.60 Å². The van der Waals surface area contributed by atoms with Crippen LogP contribution in [0.5, 0.6) is 0 Å². The topological polar surface area (TPSA) is 113 Å². The van der Waals surface area contributed by atoms with Crippen molar-refractivity contribution in [2.24, 2.45) is 0 Å². The Bertz CT molecular complexity index is 1450. The lowest BCUT2D eigenvalue weighted by molar-refractivity contribution is -0.113. The summed E-state index contributed by atoms with van der Waals surface area (Å²) in [5.41, 5.74) is 0.985. The smallest absolute Gasteiger partial charge is 0.410 e. The number of piperazine rings is 1. The number of anilines is 1. The summed E-state index contributed by atoms with van der Waals surface area (Å²) in [6, 6.07) is 10.8. The molecule has 9 nitrogen and oxygen atoms in total. The highest BCUT2D eigenvalue weighted by Crippen LogP contribution is 2.29. The molecule has 2 aromatic carbocycles. The molecule has 1 aliphatic heterocycles. The second-order valence-corrected chi connectivity index (χ2v) is 12.5. The molecule has 0 radical (unpaired) electrons. The summed E-state index contributed by atoms with van der Waals surface area (Å²) >= 11 is 5.92. The van der Waals surface area contributed by atoms with Crippen LogP contribution in [0.2, 0.25) is 5.02 Å². The fourth-order valence-corrected chi connectivity index (χ4v) is 5.40. The normalized spacial score (nSPS) is 16.7. The third-order valence-electron chi connectivity index (χ3n) is 6.16. The van der Waals surface area contributed by atoms with E-state index >= 15 is 0 Å². The van der Waals surface area contributed by atoms with E-state index in [1.54, 1.807) is 23.1 Å². The molecule has 39 heavy (non-hydrogen) atoms. The van der Waals surface area contributed by atoms with Crippen molar-refractivity contribution < 1.29 is 27.5 Å². The van der Waals surface area contributed by atoms with Crippen molar-refractivity contribution in [2.45, 2.75) is 37.8 Å². The average Bonchev–Trinajstić information content (AvgIpc) is 2.86. The van der Waals surface area contributed by atoms with Gasteiger partial charge in [-0.05, 0) is 80.5 Å². The summed E-state index contributed by atoms with van der Waals surface area (Å²) in [4.78, 5) is 40.6. The van der Waals surface area contributed by atoms with E-state index in [2.05, 4.69) is 9.62 Å². The van der Waals surface area contributed by atoms with Crippen LogP contribution in [0.15, 0.2) is 65.6 Å². The lowest BCUT2D eigenvalue weighted by atomic mass is 9.95. The highest BCUT2D eigenvalue weighted by Gasteiger charge is 2.27. The number of hydrogen-bond acceptors (Lipinski definition) is 7. The van der Waals surface area contributed by atoms with E-state index in [4.69, 9.17) is 16.3 Å². The maximum atomic E-state index is 13.2. The maximum Gasteiger partial charge on any atom is 0.410 e. The number of ether oxygens (including phenoxy) is 1. The van der Waals surface area contributed by atoms with Crippen molar-refractivity contribution >= 4 is 50.5 Å². The van der Waals surface area contributed by atoms with Gasteiger partial charge < -0.3 is 9.64 Å². The van der Waals surface area contributed by atoms with Gasteiger partial charge in [0.2, 0.25) is 0 Å². The predicted octanol–water partition coefficient (Wildman–Crippen LogP) is 4.28. The quantitative estimate of drug-likeness (QED) is 0.515. The first-order chi connectivity index (χ1) is 18.3. The summed E-state index contributed by atoms with van der Waals surface area (Å²) in [5.74, 6) is -0.660. The molecule has 1 amide bonds. The molecule has 1 aliphatic carbocycles. The van der Waals surface area contributed by atoms with Crippen LogP contribution in [-0.2, 0) is 30.9 Å². The van der Waals surface area contributed by atoms with Crippen molar-refractivity contribution in [2.75, 3.05) is 30.9 Å². The van der Waals surface area contributed by atoms with Gasteiger partial charge in [-0.1, -0.05) is 23.7 Å². The number of halogens is 1. The number of allylic oxidation sites excluding steroid dienone is 4. The van der Waals surface area contributed by atoms with Crippen molar-refractivity contribution in [1.82, 2.24) is 9.80 Å². The van der Waals surface area contributed by atoms with Gasteiger partial charge in [0.05, 0.1) is 10.6 Å². The molecule has 11 heteroatoms. The van der Waals surface area contributed by atoms with Gasteiger partial charge in [0.15, 0.2) is 11.6 Å². The SMILES string of the molecule is CC(C)(C)OC(=O)N1CCN(Cc2ccc(C3=CC(=O)C=CC3=O)cc2NS(=O)(=O)c2ccc(Cl)cc2)CC1. The molecule has 1 fully saturated rings. The van der Waals surface area contributed by atoms with E-state index in [1.807, 2.05) is 20.8 Å². The Hall–Kier alpha value is -3.47. The molecular formula is C28H30ClN3O6S. The molecule has 0 spiro atoms. The second kappa shape index (κ2) is 11.3. The van der Waals surface area contributed by atoms with Gasteiger partial charge >= 0.3 is 6.09 Å². The van der Waals surface area contributed by atoms with Crippen molar-refractivity contribution in [1.29, 1.82) is 0 Å². The number of ketones is 2. The number of hydrogen-bond donors (Lipinski definition) is 1. The van der Waals surface area contributed by atoms with E-state index in [0.29, 0.717) is 48.9 Å². The number of nitrogens with zero attached hydrogens (tertiary/aromatic N) is 2. The molecule has 1 saturated heterocycles. The Labute approximate surface area is 233 Å². The van der Waals surface area contributed by atoms with E-state index in [0.717, 1.165) is 0 Å². The molecule has 2 aromatic rings. The van der Waals surface area contributed by atoms with Crippen LogP contribution in [0.4, 0.5) is 10.5 Å². The zero-order valence-electron chi connectivity index (χ0n) is 21.9. The molecule has 0 saturated carbocycles. The Morgan fingerprint density at radius 3 is 2.31 bits per heavy atom. The predicted molar refractivity (Wildman–Crippen MR) is 149 cm³/mol. The minimum absolute atomic E-state index is 0.0281. The van der Waals surface area contributed by atoms with Crippen molar-refractivity contribution in [3.05, 3.63) is 76.8 Å². The average molecular weight is 572 g/mol. The number of carbonyl (C=O) groups is 3. The number of benzene rings is 2.